The number of carbonyl (C=O) groups excluding carboxylic acids is 2. The smallest absolute Gasteiger partial charge is 0.410 e. The zero-order valence-corrected chi connectivity index (χ0v) is 18.1. The number of hydrogen-bond donors (Lipinski definition) is 2. The summed E-state index contributed by atoms with van der Waals surface area (Å²) in [7, 11) is 0. The summed E-state index contributed by atoms with van der Waals surface area (Å²) in [5.41, 5.74) is 3.06. The number of likely N-dealkylation sites (tertiary alicyclic amines) is 1. The second kappa shape index (κ2) is 7.89. The SMILES string of the molecule is CC(C)(C)OC(=O)N1CC(CO)(NC(=O)OCC2c3ccccc3-c3ccccc32)C1. The maximum atomic E-state index is 12.5. The minimum atomic E-state index is -0.917. The molecule has 7 heteroatoms. The molecule has 2 amide bonds. The van der Waals surface area contributed by atoms with Gasteiger partial charge < -0.3 is 24.8 Å². The van der Waals surface area contributed by atoms with Gasteiger partial charge in [0.2, 0.25) is 0 Å². The molecule has 1 fully saturated rings. The Bertz CT molecular complexity index is 946. The van der Waals surface area contributed by atoms with E-state index in [1.807, 2.05) is 24.3 Å². The second-order valence-electron chi connectivity index (χ2n) is 9.23. The van der Waals surface area contributed by atoms with E-state index in [2.05, 4.69) is 29.6 Å². The Balaban J connectivity index is 1.36. The molecule has 0 radical (unpaired) electrons. The Morgan fingerprint density at radius 3 is 2.13 bits per heavy atom. The van der Waals surface area contributed by atoms with Gasteiger partial charge in [-0.3, -0.25) is 0 Å². The Labute approximate surface area is 182 Å². The second-order valence-corrected chi connectivity index (χ2v) is 9.23. The molecule has 2 N–H and O–H groups in total. The lowest BCUT2D eigenvalue weighted by Gasteiger charge is -2.48. The van der Waals surface area contributed by atoms with E-state index in [4.69, 9.17) is 9.47 Å². The molecule has 0 unspecified atom stereocenters. The topological polar surface area (TPSA) is 88.1 Å². The van der Waals surface area contributed by atoms with Gasteiger partial charge in [0.25, 0.3) is 0 Å². The Morgan fingerprint density at radius 1 is 1.06 bits per heavy atom. The lowest BCUT2D eigenvalue weighted by Crippen LogP contribution is -2.73. The predicted octanol–water partition coefficient (Wildman–Crippen LogP) is 3.51. The molecule has 0 saturated carbocycles. The van der Waals surface area contributed by atoms with Crippen molar-refractivity contribution in [1.29, 1.82) is 0 Å². The van der Waals surface area contributed by atoms with Gasteiger partial charge in [0.1, 0.15) is 17.7 Å². The van der Waals surface area contributed by atoms with E-state index in [1.54, 1.807) is 20.8 Å². The number of amides is 2. The highest BCUT2D eigenvalue weighted by molar-refractivity contribution is 5.79. The van der Waals surface area contributed by atoms with E-state index >= 15 is 0 Å². The normalized spacial score (nSPS) is 16.7. The van der Waals surface area contributed by atoms with Crippen molar-refractivity contribution < 1.29 is 24.2 Å². The van der Waals surface area contributed by atoms with Crippen molar-refractivity contribution in [1.82, 2.24) is 10.2 Å². The molecule has 0 atom stereocenters. The van der Waals surface area contributed by atoms with Gasteiger partial charge >= 0.3 is 12.2 Å². The summed E-state index contributed by atoms with van der Waals surface area (Å²) in [6.45, 7) is 5.61. The first-order valence-corrected chi connectivity index (χ1v) is 10.4. The summed E-state index contributed by atoms with van der Waals surface area (Å²) < 4.78 is 10.9. The van der Waals surface area contributed by atoms with E-state index in [0.29, 0.717) is 0 Å². The van der Waals surface area contributed by atoms with Gasteiger partial charge in [-0.2, -0.15) is 0 Å². The summed E-state index contributed by atoms with van der Waals surface area (Å²) in [5.74, 6) is -0.0390. The predicted molar refractivity (Wildman–Crippen MR) is 116 cm³/mol. The number of ether oxygens (including phenoxy) is 2. The summed E-state index contributed by atoms with van der Waals surface area (Å²) in [6, 6.07) is 16.2. The van der Waals surface area contributed by atoms with E-state index in [-0.39, 0.29) is 32.2 Å². The molecular weight excluding hydrogens is 396 g/mol. The quantitative estimate of drug-likeness (QED) is 0.784. The lowest BCUT2D eigenvalue weighted by atomic mass is 9.91. The lowest BCUT2D eigenvalue weighted by molar-refractivity contribution is -0.0311. The standard InChI is InChI=1S/C24H28N2O5/c1-23(2,3)31-22(29)26-13-24(14-26,15-27)25-21(28)30-12-20-18-10-6-4-8-16(18)17-9-5-7-11-19(17)20/h4-11,20,27H,12-15H2,1-3H3,(H,25,28). The third-order valence-corrected chi connectivity index (χ3v) is 5.65. The third kappa shape index (κ3) is 4.23. The van der Waals surface area contributed by atoms with Crippen LogP contribution in [0.2, 0.25) is 0 Å². The number of aliphatic hydroxyl groups is 1. The molecule has 0 spiro atoms. The molecule has 1 aliphatic heterocycles. The average molecular weight is 424 g/mol. The molecular formula is C24H28N2O5. The molecule has 1 saturated heterocycles. The molecule has 1 heterocycles. The number of hydrogen-bond acceptors (Lipinski definition) is 5. The Kier molecular flexibility index (Phi) is 5.39. The van der Waals surface area contributed by atoms with E-state index < -0.39 is 23.3 Å². The maximum Gasteiger partial charge on any atom is 0.410 e. The third-order valence-electron chi connectivity index (χ3n) is 5.65. The van der Waals surface area contributed by atoms with Crippen molar-refractivity contribution in [2.75, 3.05) is 26.3 Å². The number of alkyl carbamates (subject to hydrolysis) is 1. The minimum Gasteiger partial charge on any atom is -0.449 e. The first-order chi connectivity index (χ1) is 14.7. The fourth-order valence-corrected chi connectivity index (χ4v) is 4.21. The first-order valence-electron chi connectivity index (χ1n) is 10.4. The number of nitrogens with one attached hydrogen (secondary N) is 1. The maximum absolute atomic E-state index is 12.5. The van der Waals surface area contributed by atoms with Crippen molar-refractivity contribution in [2.45, 2.75) is 37.8 Å². The van der Waals surface area contributed by atoms with Gasteiger partial charge in [0.15, 0.2) is 0 Å². The van der Waals surface area contributed by atoms with Crippen molar-refractivity contribution in [3.8, 4) is 11.1 Å². The summed E-state index contributed by atoms with van der Waals surface area (Å²) in [4.78, 5) is 26.1. The van der Waals surface area contributed by atoms with Crippen molar-refractivity contribution in [2.24, 2.45) is 0 Å². The van der Waals surface area contributed by atoms with Crippen LogP contribution in [0.3, 0.4) is 0 Å². The van der Waals surface area contributed by atoms with Gasteiger partial charge in [-0.25, -0.2) is 9.59 Å². The van der Waals surface area contributed by atoms with Gasteiger partial charge in [0, 0.05) is 5.92 Å². The summed E-state index contributed by atoms with van der Waals surface area (Å²) in [5, 5.41) is 12.5. The molecule has 0 bridgehead atoms. The highest BCUT2D eigenvalue weighted by atomic mass is 16.6. The van der Waals surface area contributed by atoms with E-state index in [1.165, 1.54) is 4.90 Å². The largest absolute Gasteiger partial charge is 0.449 e. The summed E-state index contributed by atoms with van der Waals surface area (Å²) in [6.07, 6.45) is -1.08. The van der Waals surface area contributed by atoms with Gasteiger partial charge in [-0.15, -0.1) is 0 Å². The zero-order valence-electron chi connectivity index (χ0n) is 18.1. The molecule has 1 aliphatic carbocycles. The van der Waals surface area contributed by atoms with Crippen LogP contribution < -0.4 is 5.32 Å². The van der Waals surface area contributed by atoms with Crippen molar-refractivity contribution in [3.05, 3.63) is 59.7 Å². The van der Waals surface area contributed by atoms with Gasteiger partial charge in [0.05, 0.1) is 19.7 Å². The fraction of sp³-hybridized carbons (Fsp3) is 0.417. The highest BCUT2D eigenvalue weighted by Crippen LogP contribution is 2.44. The van der Waals surface area contributed by atoms with Crippen LogP contribution in [-0.2, 0) is 9.47 Å². The average Bonchev–Trinajstić information content (AvgIpc) is 3.01. The first kappa shape index (κ1) is 21.2. The van der Waals surface area contributed by atoms with Crippen LogP contribution in [0.15, 0.2) is 48.5 Å². The molecule has 31 heavy (non-hydrogen) atoms. The molecule has 4 rings (SSSR count). The number of carbonyl (C=O) groups is 2. The molecule has 2 aromatic carbocycles. The van der Waals surface area contributed by atoms with Gasteiger partial charge in [-0.1, -0.05) is 48.5 Å². The molecule has 2 aromatic rings. The van der Waals surface area contributed by atoms with Crippen LogP contribution in [0.4, 0.5) is 9.59 Å². The van der Waals surface area contributed by atoms with Crippen molar-refractivity contribution >= 4 is 12.2 Å². The fourth-order valence-electron chi connectivity index (χ4n) is 4.21. The number of benzene rings is 2. The van der Waals surface area contributed by atoms with Crippen LogP contribution in [-0.4, -0.2) is 59.6 Å². The Hall–Kier alpha value is -3.06. The number of aliphatic hydroxyl groups excluding tert-OH is 1. The monoisotopic (exact) mass is 424 g/mol. The highest BCUT2D eigenvalue weighted by Gasteiger charge is 2.48. The van der Waals surface area contributed by atoms with Crippen LogP contribution in [0.1, 0.15) is 37.8 Å². The summed E-state index contributed by atoms with van der Waals surface area (Å²) >= 11 is 0. The number of fused-ring (bicyclic) bond motifs is 3. The zero-order chi connectivity index (χ0) is 22.2. The molecule has 0 aromatic heterocycles. The van der Waals surface area contributed by atoms with Crippen LogP contribution in [0.5, 0.6) is 0 Å². The van der Waals surface area contributed by atoms with E-state index in [9.17, 15) is 14.7 Å². The number of rotatable bonds is 4. The Morgan fingerprint density at radius 2 is 1.61 bits per heavy atom. The van der Waals surface area contributed by atoms with Crippen LogP contribution >= 0.6 is 0 Å². The molecule has 7 nitrogen and oxygen atoms in total. The van der Waals surface area contributed by atoms with Crippen molar-refractivity contribution in [3.63, 3.8) is 0 Å². The van der Waals surface area contributed by atoms with Gasteiger partial charge in [-0.05, 0) is 43.0 Å². The van der Waals surface area contributed by atoms with Crippen LogP contribution in [0.25, 0.3) is 11.1 Å². The molecule has 164 valence electrons. The van der Waals surface area contributed by atoms with E-state index in [0.717, 1.165) is 22.3 Å². The number of nitrogens with zero attached hydrogens (tertiary/aromatic N) is 1. The molecule has 2 aliphatic rings. The minimum absolute atomic E-state index is 0.0390. The van der Waals surface area contributed by atoms with Crippen LogP contribution in [0, 0.1) is 0 Å².